The summed E-state index contributed by atoms with van der Waals surface area (Å²) in [5, 5.41) is 12.5. The fourth-order valence-electron chi connectivity index (χ4n) is 3.68. The van der Waals surface area contributed by atoms with E-state index in [0.717, 1.165) is 44.1 Å². The van der Waals surface area contributed by atoms with Crippen LogP contribution in [-0.2, 0) is 11.3 Å². The van der Waals surface area contributed by atoms with Gasteiger partial charge in [-0.2, -0.15) is 0 Å². The third-order valence-corrected chi connectivity index (χ3v) is 5.19. The molecule has 1 aliphatic heterocycles. The van der Waals surface area contributed by atoms with Crippen molar-refractivity contribution in [3.8, 4) is 11.5 Å². The smallest absolute Gasteiger partial charge is 0.173 e. The van der Waals surface area contributed by atoms with Crippen molar-refractivity contribution in [1.82, 2.24) is 30.0 Å². The van der Waals surface area contributed by atoms with Gasteiger partial charge in [-0.15, -0.1) is 11.7 Å². The van der Waals surface area contributed by atoms with Crippen molar-refractivity contribution in [1.29, 1.82) is 0 Å². The Labute approximate surface area is 171 Å². The maximum atomic E-state index is 5.53. The van der Waals surface area contributed by atoms with Gasteiger partial charge in [-0.05, 0) is 28.1 Å². The number of benzene rings is 1. The summed E-state index contributed by atoms with van der Waals surface area (Å²) in [6.45, 7) is 9.64. The van der Waals surface area contributed by atoms with Gasteiger partial charge in [-0.25, -0.2) is 4.68 Å². The largest absolute Gasteiger partial charge is 0.493 e. The molecule has 0 amide bonds. The molecule has 0 bridgehead atoms. The van der Waals surface area contributed by atoms with Crippen LogP contribution in [0.4, 0.5) is 0 Å². The first-order chi connectivity index (χ1) is 14.2. The Morgan fingerprint density at radius 2 is 1.86 bits per heavy atom. The summed E-state index contributed by atoms with van der Waals surface area (Å²) in [5.41, 5.74) is 1.06. The molecule has 0 spiro atoms. The summed E-state index contributed by atoms with van der Waals surface area (Å²) in [4.78, 5) is 4.80. The molecular formula is C20H30N6O3. The number of hydrogen-bond acceptors (Lipinski definition) is 8. The molecule has 29 heavy (non-hydrogen) atoms. The molecule has 0 N–H and O–H groups in total. The van der Waals surface area contributed by atoms with Crippen LogP contribution in [-0.4, -0.2) is 90.7 Å². The molecule has 2 aromatic rings. The van der Waals surface area contributed by atoms with Crippen LogP contribution in [0.5, 0.6) is 11.5 Å². The Bertz CT molecular complexity index is 788. The molecule has 1 fully saturated rings. The predicted molar refractivity (Wildman–Crippen MR) is 109 cm³/mol. The predicted octanol–water partition coefficient (Wildman–Crippen LogP) is 1.23. The van der Waals surface area contributed by atoms with E-state index < -0.39 is 0 Å². The van der Waals surface area contributed by atoms with Crippen LogP contribution in [0, 0.1) is 0 Å². The van der Waals surface area contributed by atoms with Crippen molar-refractivity contribution in [2.75, 3.05) is 60.7 Å². The van der Waals surface area contributed by atoms with E-state index in [4.69, 9.17) is 14.2 Å². The van der Waals surface area contributed by atoms with Crippen molar-refractivity contribution in [2.45, 2.75) is 12.6 Å². The van der Waals surface area contributed by atoms with Crippen LogP contribution in [0.3, 0.4) is 0 Å². The summed E-state index contributed by atoms with van der Waals surface area (Å²) in [6.07, 6.45) is 1.95. The van der Waals surface area contributed by atoms with E-state index in [1.165, 1.54) is 0 Å². The molecule has 1 aliphatic rings. The lowest BCUT2D eigenvalue weighted by atomic mass is 10.0. The lowest BCUT2D eigenvalue weighted by Crippen LogP contribution is -2.48. The number of methoxy groups -OCH3 is 3. The molecule has 3 rings (SSSR count). The Kier molecular flexibility index (Phi) is 7.56. The number of hydrogen-bond donors (Lipinski definition) is 0. The van der Waals surface area contributed by atoms with Gasteiger partial charge in [0.05, 0.1) is 33.4 Å². The number of rotatable bonds is 10. The van der Waals surface area contributed by atoms with E-state index in [9.17, 15) is 0 Å². The SMILES string of the molecule is C=CCN1CCN([C@@H](c2ccc(OC)c(OC)c2)c2nnnn2CCOC)CC1. The molecule has 158 valence electrons. The summed E-state index contributed by atoms with van der Waals surface area (Å²) in [7, 11) is 4.96. The molecule has 1 aromatic carbocycles. The zero-order valence-corrected chi connectivity index (χ0v) is 17.5. The molecule has 0 saturated carbocycles. The quantitative estimate of drug-likeness (QED) is 0.549. The van der Waals surface area contributed by atoms with E-state index in [2.05, 4.69) is 38.0 Å². The second-order valence-corrected chi connectivity index (χ2v) is 6.90. The molecule has 1 atom stereocenters. The average molecular weight is 402 g/mol. The minimum absolute atomic E-state index is 0.0902. The number of ether oxygens (including phenoxy) is 3. The molecule has 1 saturated heterocycles. The van der Waals surface area contributed by atoms with Crippen LogP contribution < -0.4 is 9.47 Å². The normalized spacial score (nSPS) is 16.5. The third-order valence-electron chi connectivity index (χ3n) is 5.19. The van der Waals surface area contributed by atoms with Crippen molar-refractivity contribution in [3.63, 3.8) is 0 Å². The number of aromatic nitrogens is 4. The topological polar surface area (TPSA) is 77.8 Å². The van der Waals surface area contributed by atoms with Gasteiger partial charge in [-0.3, -0.25) is 9.80 Å². The monoisotopic (exact) mass is 402 g/mol. The van der Waals surface area contributed by atoms with Crippen LogP contribution in [0.25, 0.3) is 0 Å². The molecule has 1 aromatic heterocycles. The first-order valence-electron chi connectivity index (χ1n) is 9.76. The van der Waals surface area contributed by atoms with Gasteiger partial charge in [0.25, 0.3) is 0 Å². The lowest BCUT2D eigenvalue weighted by molar-refractivity contribution is 0.110. The van der Waals surface area contributed by atoms with Crippen LogP contribution >= 0.6 is 0 Å². The number of piperazine rings is 1. The minimum Gasteiger partial charge on any atom is -0.493 e. The maximum Gasteiger partial charge on any atom is 0.173 e. The Morgan fingerprint density at radius 1 is 1.10 bits per heavy atom. The van der Waals surface area contributed by atoms with E-state index in [1.54, 1.807) is 21.3 Å². The highest BCUT2D eigenvalue weighted by Gasteiger charge is 2.31. The number of tetrazole rings is 1. The molecule has 0 radical (unpaired) electrons. The second-order valence-electron chi connectivity index (χ2n) is 6.90. The van der Waals surface area contributed by atoms with Crippen LogP contribution in [0.1, 0.15) is 17.4 Å². The summed E-state index contributed by atoms with van der Waals surface area (Å²) in [5.74, 6) is 2.19. The van der Waals surface area contributed by atoms with Gasteiger partial charge < -0.3 is 14.2 Å². The van der Waals surface area contributed by atoms with Crippen LogP contribution in [0.2, 0.25) is 0 Å². The van der Waals surface area contributed by atoms with Gasteiger partial charge in [0.1, 0.15) is 0 Å². The van der Waals surface area contributed by atoms with Gasteiger partial charge in [0.15, 0.2) is 17.3 Å². The molecule has 0 aliphatic carbocycles. The van der Waals surface area contributed by atoms with Gasteiger partial charge in [-0.1, -0.05) is 12.1 Å². The van der Waals surface area contributed by atoms with E-state index in [0.29, 0.717) is 24.7 Å². The zero-order chi connectivity index (χ0) is 20.6. The van der Waals surface area contributed by atoms with Crippen LogP contribution in [0.15, 0.2) is 30.9 Å². The highest BCUT2D eigenvalue weighted by Crippen LogP contribution is 2.34. The fraction of sp³-hybridized carbons (Fsp3) is 0.550. The molecule has 9 nitrogen and oxygen atoms in total. The van der Waals surface area contributed by atoms with Crippen molar-refractivity contribution < 1.29 is 14.2 Å². The Hall–Kier alpha value is -2.49. The number of nitrogens with zero attached hydrogens (tertiary/aromatic N) is 6. The van der Waals surface area contributed by atoms with E-state index in [-0.39, 0.29) is 6.04 Å². The first-order valence-corrected chi connectivity index (χ1v) is 9.76. The fourth-order valence-corrected chi connectivity index (χ4v) is 3.68. The second kappa shape index (κ2) is 10.3. The Balaban J connectivity index is 1.94. The Morgan fingerprint density at radius 3 is 2.52 bits per heavy atom. The van der Waals surface area contributed by atoms with E-state index >= 15 is 0 Å². The molecule has 0 unspecified atom stereocenters. The highest BCUT2D eigenvalue weighted by molar-refractivity contribution is 5.45. The average Bonchev–Trinajstić information content (AvgIpc) is 3.21. The third kappa shape index (κ3) is 4.92. The van der Waals surface area contributed by atoms with E-state index in [1.807, 2.05) is 22.9 Å². The summed E-state index contributed by atoms with van der Waals surface area (Å²) >= 11 is 0. The van der Waals surface area contributed by atoms with Crippen molar-refractivity contribution in [3.05, 3.63) is 42.2 Å². The standard InChI is InChI=1S/C20H30N6O3/c1-5-8-24-9-11-25(12-10-24)19(20-21-22-23-26(20)13-14-27-2)16-6-7-17(28-3)18(15-16)29-4/h5-7,15,19H,1,8-14H2,2-4H3/t19-/m0/s1. The zero-order valence-electron chi connectivity index (χ0n) is 17.5. The molecule has 9 heteroatoms. The summed E-state index contributed by atoms with van der Waals surface area (Å²) < 4.78 is 18.0. The first kappa shape index (κ1) is 21.2. The van der Waals surface area contributed by atoms with Gasteiger partial charge >= 0.3 is 0 Å². The minimum atomic E-state index is -0.0902. The van der Waals surface area contributed by atoms with Gasteiger partial charge in [0.2, 0.25) is 0 Å². The molecule has 2 heterocycles. The lowest BCUT2D eigenvalue weighted by Gasteiger charge is -2.38. The van der Waals surface area contributed by atoms with Gasteiger partial charge in [0, 0.05) is 39.8 Å². The maximum absolute atomic E-state index is 5.53. The summed E-state index contributed by atoms with van der Waals surface area (Å²) in [6, 6.07) is 5.90. The van der Waals surface area contributed by atoms with Crippen molar-refractivity contribution in [2.24, 2.45) is 0 Å². The van der Waals surface area contributed by atoms with Crippen molar-refractivity contribution >= 4 is 0 Å². The molecular weight excluding hydrogens is 372 g/mol. The highest BCUT2D eigenvalue weighted by atomic mass is 16.5.